The zero-order valence-electron chi connectivity index (χ0n) is 18.7. The van der Waals surface area contributed by atoms with Gasteiger partial charge in [0.25, 0.3) is 5.56 Å². The Bertz CT molecular complexity index is 1640. The van der Waals surface area contributed by atoms with Gasteiger partial charge < -0.3 is 14.6 Å². The number of ether oxygens (including phenoxy) is 1. The van der Waals surface area contributed by atoms with E-state index in [-0.39, 0.29) is 23.5 Å². The molecular formula is C24H18N8O2S. The van der Waals surface area contributed by atoms with Crippen LogP contribution in [0.1, 0.15) is 10.4 Å². The van der Waals surface area contributed by atoms with Crippen molar-refractivity contribution in [1.29, 1.82) is 5.26 Å². The normalized spacial score (nSPS) is 10.7. The Morgan fingerprint density at radius 1 is 1.03 bits per heavy atom. The summed E-state index contributed by atoms with van der Waals surface area (Å²) in [5.74, 6) is 0.757. The van der Waals surface area contributed by atoms with Crippen molar-refractivity contribution in [3.63, 3.8) is 0 Å². The third kappa shape index (κ3) is 4.78. The first-order valence-electron chi connectivity index (χ1n) is 10.5. The van der Waals surface area contributed by atoms with Crippen molar-refractivity contribution >= 4 is 45.0 Å². The number of pyridine rings is 1. The second-order valence-corrected chi connectivity index (χ2v) is 8.74. The lowest BCUT2D eigenvalue weighted by Crippen LogP contribution is -2.16. The fourth-order valence-corrected chi connectivity index (χ4v) is 4.00. The third-order valence-corrected chi connectivity index (χ3v) is 5.87. The number of thiazole rings is 1. The maximum atomic E-state index is 12.5. The summed E-state index contributed by atoms with van der Waals surface area (Å²) in [5.41, 5.74) is 1.71. The van der Waals surface area contributed by atoms with Gasteiger partial charge in [-0.2, -0.15) is 20.2 Å². The van der Waals surface area contributed by atoms with Gasteiger partial charge in [0.1, 0.15) is 5.75 Å². The van der Waals surface area contributed by atoms with Crippen molar-refractivity contribution in [2.24, 2.45) is 7.05 Å². The zero-order chi connectivity index (χ0) is 24.4. The fraction of sp³-hybridized carbons (Fsp3) is 0.0833. The number of para-hydroxylation sites is 1. The van der Waals surface area contributed by atoms with Crippen LogP contribution in [0.5, 0.6) is 11.8 Å². The van der Waals surface area contributed by atoms with Crippen LogP contribution in [0.3, 0.4) is 0 Å². The SMILES string of the molecule is Cc1cnc(Nc2nc(Nc3ccc(C#N)cc3)nc(Oc3cc(=O)n(C)c4ccccc34)n2)s1. The van der Waals surface area contributed by atoms with E-state index in [0.29, 0.717) is 22.1 Å². The smallest absolute Gasteiger partial charge is 0.328 e. The van der Waals surface area contributed by atoms with Gasteiger partial charge in [0.15, 0.2) is 5.13 Å². The minimum absolute atomic E-state index is 0.00895. The van der Waals surface area contributed by atoms with Crippen molar-refractivity contribution in [3.8, 4) is 17.8 Å². The topological polar surface area (TPSA) is 131 Å². The number of rotatable bonds is 6. The highest BCUT2D eigenvalue weighted by molar-refractivity contribution is 7.15. The van der Waals surface area contributed by atoms with Gasteiger partial charge in [-0.15, -0.1) is 11.3 Å². The molecule has 0 saturated heterocycles. The van der Waals surface area contributed by atoms with E-state index in [9.17, 15) is 4.79 Å². The second kappa shape index (κ2) is 9.20. The van der Waals surface area contributed by atoms with Crippen LogP contribution < -0.4 is 20.9 Å². The average molecular weight is 483 g/mol. The summed E-state index contributed by atoms with van der Waals surface area (Å²) in [6, 6.07) is 17.8. The molecule has 3 aromatic heterocycles. The molecule has 0 atom stereocenters. The highest BCUT2D eigenvalue weighted by Gasteiger charge is 2.14. The predicted octanol–water partition coefficient (Wildman–Crippen LogP) is 4.64. The molecule has 5 rings (SSSR count). The van der Waals surface area contributed by atoms with Crippen LogP contribution in [0.2, 0.25) is 0 Å². The first-order valence-corrected chi connectivity index (χ1v) is 11.3. The lowest BCUT2D eigenvalue weighted by molar-refractivity contribution is 0.445. The van der Waals surface area contributed by atoms with E-state index in [1.54, 1.807) is 42.1 Å². The van der Waals surface area contributed by atoms with Gasteiger partial charge in [-0.05, 0) is 43.3 Å². The first kappa shape index (κ1) is 22.0. The van der Waals surface area contributed by atoms with E-state index in [1.165, 1.54) is 17.4 Å². The molecule has 0 aliphatic rings. The molecule has 5 aromatic rings. The van der Waals surface area contributed by atoms with Crippen LogP contribution in [-0.2, 0) is 7.05 Å². The minimum Gasteiger partial charge on any atom is -0.423 e. The molecule has 172 valence electrons. The Morgan fingerprint density at radius 2 is 1.77 bits per heavy atom. The molecule has 35 heavy (non-hydrogen) atoms. The van der Waals surface area contributed by atoms with Gasteiger partial charge in [-0.25, -0.2) is 4.98 Å². The molecule has 0 saturated carbocycles. The summed E-state index contributed by atoms with van der Waals surface area (Å²) >= 11 is 1.45. The number of aromatic nitrogens is 5. The van der Waals surface area contributed by atoms with E-state index >= 15 is 0 Å². The van der Waals surface area contributed by atoms with Gasteiger partial charge in [0.2, 0.25) is 11.9 Å². The van der Waals surface area contributed by atoms with Gasteiger partial charge >= 0.3 is 6.01 Å². The number of nitrogens with zero attached hydrogens (tertiary/aromatic N) is 6. The molecule has 11 heteroatoms. The van der Waals surface area contributed by atoms with Crippen LogP contribution in [-0.4, -0.2) is 24.5 Å². The molecule has 0 bridgehead atoms. The second-order valence-electron chi connectivity index (χ2n) is 7.51. The maximum Gasteiger partial charge on any atom is 0.328 e. The van der Waals surface area contributed by atoms with Gasteiger partial charge in [0.05, 0.1) is 17.1 Å². The summed E-state index contributed by atoms with van der Waals surface area (Å²) in [7, 11) is 1.70. The molecule has 0 unspecified atom stereocenters. The lowest BCUT2D eigenvalue weighted by Gasteiger charge is -2.12. The first-order chi connectivity index (χ1) is 17.0. The zero-order valence-corrected chi connectivity index (χ0v) is 19.5. The standard InChI is InChI=1S/C24H18N8O2S/c1-14-13-26-24(35-14)31-22-28-21(27-16-9-7-15(12-25)8-10-16)29-23(30-22)34-19-11-20(33)32(2)18-6-4-3-5-17(18)19/h3-11,13H,1-2H3,(H2,26,27,28,29,30,31). The Balaban J connectivity index is 1.54. The summed E-state index contributed by atoms with van der Waals surface area (Å²) in [5, 5.41) is 16.5. The van der Waals surface area contributed by atoms with Crippen molar-refractivity contribution in [2.75, 3.05) is 10.6 Å². The van der Waals surface area contributed by atoms with E-state index in [2.05, 4.69) is 36.6 Å². The Labute approximate surface area is 203 Å². The number of anilines is 4. The monoisotopic (exact) mass is 482 g/mol. The van der Waals surface area contributed by atoms with E-state index in [0.717, 1.165) is 15.8 Å². The third-order valence-electron chi connectivity index (χ3n) is 5.04. The van der Waals surface area contributed by atoms with Crippen molar-refractivity contribution < 1.29 is 4.74 Å². The number of nitriles is 1. The van der Waals surface area contributed by atoms with Gasteiger partial charge in [-0.1, -0.05) is 12.1 Å². The molecule has 0 radical (unpaired) electrons. The molecule has 0 aliphatic carbocycles. The molecule has 2 N–H and O–H groups in total. The van der Waals surface area contributed by atoms with Crippen LogP contribution in [0.25, 0.3) is 10.9 Å². The summed E-state index contributed by atoms with van der Waals surface area (Å²) in [4.78, 5) is 31.0. The fourth-order valence-electron chi connectivity index (χ4n) is 3.34. The Kier molecular flexibility index (Phi) is 5.78. The summed E-state index contributed by atoms with van der Waals surface area (Å²) in [6.07, 6.45) is 1.74. The largest absolute Gasteiger partial charge is 0.423 e. The lowest BCUT2D eigenvalue weighted by atomic mass is 10.2. The van der Waals surface area contributed by atoms with Gasteiger partial charge in [-0.3, -0.25) is 10.1 Å². The number of fused-ring (bicyclic) bond motifs is 1. The Morgan fingerprint density at radius 3 is 2.49 bits per heavy atom. The van der Waals surface area contributed by atoms with Crippen molar-refractivity contribution in [3.05, 3.63) is 81.6 Å². The van der Waals surface area contributed by atoms with E-state index in [4.69, 9.17) is 10.00 Å². The van der Waals surface area contributed by atoms with Crippen LogP contribution in [0.15, 0.2) is 65.6 Å². The number of nitrogens with one attached hydrogen (secondary N) is 2. The average Bonchev–Trinajstić information content (AvgIpc) is 3.27. The highest BCUT2D eigenvalue weighted by atomic mass is 32.1. The Hall–Kier alpha value is -4.82. The number of aryl methyl sites for hydroxylation is 2. The van der Waals surface area contributed by atoms with Gasteiger partial charge in [0, 0.05) is 35.3 Å². The number of hydrogen-bond donors (Lipinski definition) is 2. The highest BCUT2D eigenvalue weighted by Crippen LogP contribution is 2.29. The molecule has 3 heterocycles. The molecule has 0 spiro atoms. The molecule has 0 aliphatic heterocycles. The molecule has 2 aromatic carbocycles. The number of hydrogen-bond acceptors (Lipinski definition) is 10. The maximum absolute atomic E-state index is 12.5. The molecule has 0 amide bonds. The van der Waals surface area contributed by atoms with E-state index in [1.807, 2.05) is 31.2 Å². The molecule has 10 nitrogen and oxygen atoms in total. The van der Waals surface area contributed by atoms with Crippen LogP contribution in [0, 0.1) is 18.3 Å². The quantitative estimate of drug-likeness (QED) is 0.355. The number of benzene rings is 2. The van der Waals surface area contributed by atoms with Crippen molar-refractivity contribution in [2.45, 2.75) is 6.92 Å². The summed E-state index contributed by atoms with van der Waals surface area (Å²) < 4.78 is 7.56. The van der Waals surface area contributed by atoms with Crippen LogP contribution >= 0.6 is 11.3 Å². The summed E-state index contributed by atoms with van der Waals surface area (Å²) in [6.45, 7) is 1.95. The minimum atomic E-state index is -0.222. The molecule has 0 fully saturated rings. The van der Waals surface area contributed by atoms with Crippen LogP contribution in [0.4, 0.5) is 22.7 Å². The molecular weight excluding hydrogens is 464 g/mol. The predicted molar refractivity (Wildman–Crippen MR) is 134 cm³/mol. The van der Waals surface area contributed by atoms with E-state index < -0.39 is 0 Å². The van der Waals surface area contributed by atoms with Crippen molar-refractivity contribution in [1.82, 2.24) is 24.5 Å².